The summed E-state index contributed by atoms with van der Waals surface area (Å²) < 4.78 is 26.5. The molecule has 8 heteroatoms. The topological polar surface area (TPSA) is 118 Å². The Hall–Kier alpha value is -1.65. The zero-order chi connectivity index (χ0) is 30.8. The number of unbranched alkanes of at least 4 members (excludes halogenated alkanes) is 8. The number of fused-ring (bicyclic) bond motifs is 3. The second-order valence-electron chi connectivity index (χ2n) is 14.1. The molecule has 6 aliphatic rings. The predicted octanol–water partition coefficient (Wildman–Crippen LogP) is 4.82. The fraction of sp³-hybridized carbons (Fsp3) is 0.743. The standard InChI is InChI=1S/C35H50O8/c1-6-7-8-9-10-11-12-13-14-15-16-17-18-33-41-28-26-29-32(21-36,40-29)30(38)34(39)25(19-23(4)27(34)37)35(26,43-33)24(5)20-31(28,42-33)22(2)3/h15-19,24-26,28-30,36,38-39H,2,6-14,20-21H2,1,3-5H3/b16-15+,18-17+/t24?,25-,26-,28-,29+,30-,31-,32+,33+,34-,35?/m1/s1. The number of carbonyl (C=O) groups excluding carboxylic acids is 1. The molecule has 0 aromatic heterocycles. The highest BCUT2D eigenvalue weighted by Crippen LogP contribution is 2.72. The number of Topliss-reactive ketones (excluding diaryl/α,β-unsaturated/α-hetero) is 1. The van der Waals surface area contributed by atoms with Gasteiger partial charge in [0.2, 0.25) is 0 Å². The Balaban J connectivity index is 1.27. The molecule has 3 bridgehead atoms. The van der Waals surface area contributed by atoms with E-state index in [9.17, 15) is 20.1 Å². The van der Waals surface area contributed by atoms with Crippen molar-refractivity contribution < 1.29 is 39.1 Å². The van der Waals surface area contributed by atoms with Crippen LogP contribution in [-0.4, -0.2) is 74.4 Å². The van der Waals surface area contributed by atoms with Gasteiger partial charge in [0, 0.05) is 17.9 Å². The summed E-state index contributed by atoms with van der Waals surface area (Å²) in [6, 6.07) is 0. The Morgan fingerprint density at radius 2 is 1.77 bits per heavy atom. The number of ether oxygens (including phenoxy) is 4. The zero-order valence-electron chi connectivity index (χ0n) is 26.2. The minimum atomic E-state index is -2.22. The maximum absolute atomic E-state index is 13.6. The second kappa shape index (κ2) is 11.0. The Labute approximate surface area is 255 Å². The third-order valence-corrected chi connectivity index (χ3v) is 11.4. The van der Waals surface area contributed by atoms with E-state index in [1.807, 2.05) is 26.0 Å². The fourth-order valence-electron chi connectivity index (χ4n) is 9.16. The minimum Gasteiger partial charge on any atom is -0.393 e. The molecule has 0 aromatic carbocycles. The molecule has 5 fully saturated rings. The number of epoxide rings is 1. The molecular formula is C35H50O8. The SMILES string of the molecule is C=C(C)[C@]12CC(C)C34O[C@@](/C=C/C=C/CCCCCCCCCC)(O[C@@H]1[C@@H]3[C@@H]1O[C@]1(CO)[C@@H](O)[C@]1(O)C(=O)C(C)=C[C@@H]41)O2. The maximum atomic E-state index is 13.6. The van der Waals surface area contributed by atoms with Crippen molar-refractivity contribution in [1.82, 2.24) is 0 Å². The summed E-state index contributed by atoms with van der Waals surface area (Å²) in [7, 11) is 0. The molecular weight excluding hydrogens is 548 g/mol. The van der Waals surface area contributed by atoms with Crippen LogP contribution in [0.15, 0.2) is 48.1 Å². The summed E-state index contributed by atoms with van der Waals surface area (Å²) >= 11 is 0. The molecule has 3 aliphatic carbocycles. The number of rotatable bonds is 13. The van der Waals surface area contributed by atoms with E-state index in [0.29, 0.717) is 12.0 Å². The van der Waals surface area contributed by atoms with Gasteiger partial charge in [0.15, 0.2) is 11.4 Å². The summed E-state index contributed by atoms with van der Waals surface area (Å²) in [4.78, 5) is 13.6. The van der Waals surface area contributed by atoms with Crippen LogP contribution in [0, 0.1) is 17.8 Å². The van der Waals surface area contributed by atoms with Crippen molar-refractivity contribution in [3.8, 4) is 0 Å². The van der Waals surface area contributed by atoms with Crippen molar-refractivity contribution in [2.75, 3.05) is 6.61 Å². The molecule has 3 aliphatic heterocycles. The molecule has 0 aromatic rings. The summed E-state index contributed by atoms with van der Waals surface area (Å²) in [6.45, 7) is 11.6. The van der Waals surface area contributed by atoms with Gasteiger partial charge in [0.1, 0.15) is 29.5 Å². The van der Waals surface area contributed by atoms with Crippen LogP contribution < -0.4 is 0 Å². The van der Waals surface area contributed by atoms with Gasteiger partial charge < -0.3 is 34.3 Å². The van der Waals surface area contributed by atoms with Gasteiger partial charge in [-0.25, -0.2) is 0 Å². The molecule has 2 unspecified atom stereocenters. The highest BCUT2D eigenvalue weighted by atomic mass is 16.9. The van der Waals surface area contributed by atoms with E-state index in [1.165, 1.54) is 44.9 Å². The van der Waals surface area contributed by atoms with Crippen molar-refractivity contribution in [3.63, 3.8) is 0 Å². The highest BCUT2D eigenvalue weighted by molar-refractivity contribution is 6.05. The minimum absolute atomic E-state index is 0.237. The molecule has 8 nitrogen and oxygen atoms in total. The first kappa shape index (κ1) is 31.3. The predicted molar refractivity (Wildman–Crippen MR) is 161 cm³/mol. The number of allylic oxidation sites excluding steroid dienone is 3. The second-order valence-corrected chi connectivity index (χ2v) is 14.1. The lowest BCUT2D eigenvalue weighted by Gasteiger charge is -2.59. The van der Waals surface area contributed by atoms with Gasteiger partial charge in [-0.2, -0.15) is 0 Å². The van der Waals surface area contributed by atoms with E-state index in [2.05, 4.69) is 19.6 Å². The molecule has 6 rings (SSSR count). The Bertz CT molecular complexity index is 1220. The third-order valence-electron chi connectivity index (χ3n) is 11.4. The van der Waals surface area contributed by atoms with Crippen LogP contribution in [0.2, 0.25) is 0 Å². The average Bonchev–Trinajstić information content (AvgIpc) is 3.62. The van der Waals surface area contributed by atoms with Gasteiger partial charge in [0.05, 0.1) is 12.2 Å². The van der Waals surface area contributed by atoms with Crippen LogP contribution in [-0.2, 0) is 23.7 Å². The van der Waals surface area contributed by atoms with Gasteiger partial charge >= 0.3 is 5.97 Å². The van der Waals surface area contributed by atoms with Crippen molar-refractivity contribution in [3.05, 3.63) is 48.1 Å². The van der Waals surface area contributed by atoms with Gasteiger partial charge in [-0.3, -0.25) is 4.79 Å². The molecule has 238 valence electrons. The molecule has 3 heterocycles. The summed E-state index contributed by atoms with van der Waals surface area (Å²) in [5, 5.41) is 34.2. The van der Waals surface area contributed by atoms with Crippen molar-refractivity contribution >= 4 is 5.78 Å². The zero-order valence-corrected chi connectivity index (χ0v) is 26.2. The smallest absolute Gasteiger partial charge is 0.306 e. The van der Waals surface area contributed by atoms with Crippen LogP contribution >= 0.6 is 0 Å². The monoisotopic (exact) mass is 598 g/mol. The fourth-order valence-corrected chi connectivity index (χ4v) is 9.16. The first-order valence-electron chi connectivity index (χ1n) is 16.5. The largest absolute Gasteiger partial charge is 0.393 e. The number of carbonyl (C=O) groups is 1. The number of aliphatic hydroxyl groups is 3. The van der Waals surface area contributed by atoms with Crippen molar-refractivity contribution in [1.29, 1.82) is 0 Å². The normalized spacial score (nSPS) is 47.5. The Morgan fingerprint density at radius 1 is 1.07 bits per heavy atom. The third kappa shape index (κ3) is 4.31. The molecule has 2 saturated carbocycles. The van der Waals surface area contributed by atoms with Crippen molar-refractivity contribution in [2.45, 2.75) is 139 Å². The van der Waals surface area contributed by atoms with Crippen LogP contribution in [0.4, 0.5) is 0 Å². The summed E-state index contributed by atoms with van der Waals surface area (Å²) in [5.41, 5.74) is -4.66. The number of aliphatic hydroxyl groups excluding tert-OH is 2. The molecule has 43 heavy (non-hydrogen) atoms. The number of ketones is 1. The number of hydrogen-bond donors (Lipinski definition) is 3. The molecule has 0 radical (unpaired) electrons. The molecule has 3 saturated heterocycles. The Kier molecular flexibility index (Phi) is 8.02. The van der Waals surface area contributed by atoms with Crippen LogP contribution in [0.3, 0.4) is 0 Å². The molecule has 0 amide bonds. The van der Waals surface area contributed by atoms with Crippen molar-refractivity contribution in [2.24, 2.45) is 17.8 Å². The number of hydrogen-bond acceptors (Lipinski definition) is 8. The quantitative estimate of drug-likeness (QED) is 0.120. The summed E-state index contributed by atoms with van der Waals surface area (Å²) in [6.07, 6.45) is 18.3. The van der Waals surface area contributed by atoms with E-state index in [0.717, 1.165) is 18.4 Å². The van der Waals surface area contributed by atoms with Crippen LogP contribution in [0.1, 0.15) is 91.9 Å². The maximum Gasteiger partial charge on any atom is 0.306 e. The molecule has 0 spiro atoms. The lowest BCUT2D eigenvalue weighted by Crippen LogP contribution is -2.72. The summed E-state index contributed by atoms with van der Waals surface area (Å²) in [5.74, 6) is -3.80. The van der Waals surface area contributed by atoms with E-state index in [1.54, 1.807) is 19.1 Å². The van der Waals surface area contributed by atoms with E-state index >= 15 is 0 Å². The highest BCUT2D eigenvalue weighted by Gasteiger charge is 2.88. The Morgan fingerprint density at radius 3 is 2.44 bits per heavy atom. The first-order chi connectivity index (χ1) is 20.5. The van der Waals surface area contributed by atoms with E-state index in [-0.39, 0.29) is 5.92 Å². The van der Waals surface area contributed by atoms with Gasteiger partial charge in [-0.15, -0.1) is 0 Å². The average molecular weight is 599 g/mol. The molecule has 11 atom stereocenters. The molecule has 3 N–H and O–H groups in total. The first-order valence-corrected chi connectivity index (χ1v) is 16.5. The van der Waals surface area contributed by atoms with Gasteiger partial charge in [-0.1, -0.05) is 89.7 Å². The van der Waals surface area contributed by atoms with Gasteiger partial charge in [0.25, 0.3) is 0 Å². The van der Waals surface area contributed by atoms with E-state index < -0.39 is 70.9 Å². The van der Waals surface area contributed by atoms with Crippen LogP contribution in [0.25, 0.3) is 0 Å². The van der Waals surface area contributed by atoms with Crippen LogP contribution in [0.5, 0.6) is 0 Å². The lowest BCUT2D eigenvalue weighted by molar-refractivity contribution is -0.406. The van der Waals surface area contributed by atoms with Gasteiger partial charge in [-0.05, 0) is 50.2 Å². The van der Waals surface area contributed by atoms with E-state index in [4.69, 9.17) is 18.9 Å². The lowest BCUT2D eigenvalue weighted by atomic mass is 9.54.